The summed E-state index contributed by atoms with van der Waals surface area (Å²) in [7, 11) is 0. The predicted molar refractivity (Wildman–Crippen MR) is 291 cm³/mol. The first-order chi connectivity index (χ1) is 34.1. The fourth-order valence-corrected chi connectivity index (χ4v) is 11.8. The van der Waals surface area contributed by atoms with Gasteiger partial charge in [-0.15, -0.1) is 0 Å². The minimum atomic E-state index is 0.668. The molecule has 2 aliphatic rings. The Labute approximate surface area is 400 Å². The van der Waals surface area contributed by atoms with Crippen molar-refractivity contribution in [3.63, 3.8) is 0 Å². The molecule has 0 saturated heterocycles. The van der Waals surface area contributed by atoms with Crippen molar-refractivity contribution in [2.45, 2.75) is 33.1 Å². The van der Waals surface area contributed by atoms with Gasteiger partial charge in [-0.1, -0.05) is 176 Å². The van der Waals surface area contributed by atoms with Crippen molar-refractivity contribution in [1.29, 1.82) is 0 Å². The second kappa shape index (κ2) is 15.5. The molecule has 0 amide bonds. The summed E-state index contributed by atoms with van der Waals surface area (Å²) in [6, 6.07) is 75.7. The van der Waals surface area contributed by atoms with Gasteiger partial charge in [0.1, 0.15) is 11.2 Å². The van der Waals surface area contributed by atoms with E-state index < -0.39 is 0 Å². The van der Waals surface area contributed by atoms with Crippen LogP contribution in [0.2, 0.25) is 0 Å². The van der Waals surface area contributed by atoms with E-state index in [9.17, 15) is 0 Å². The predicted octanol–water partition coefficient (Wildman–Crippen LogP) is 17.7. The lowest BCUT2D eigenvalue weighted by Crippen LogP contribution is -2.05. The highest BCUT2D eigenvalue weighted by atomic mass is 16.3. The van der Waals surface area contributed by atoms with E-state index in [1.165, 1.54) is 88.2 Å². The van der Waals surface area contributed by atoms with Crippen molar-refractivity contribution < 1.29 is 4.42 Å². The summed E-state index contributed by atoms with van der Waals surface area (Å²) in [5.41, 5.74) is 22.2. The maximum absolute atomic E-state index is 7.08. The molecule has 0 spiro atoms. The monoisotopic (exact) mass is 882 g/mol. The minimum Gasteiger partial charge on any atom is -0.456 e. The first-order valence-corrected chi connectivity index (χ1v) is 24.3. The van der Waals surface area contributed by atoms with Gasteiger partial charge in [-0.3, -0.25) is 4.99 Å². The fraction of sp³-hybridized carbons (Fsp3) is 0.0758. The van der Waals surface area contributed by atoms with Crippen molar-refractivity contribution in [1.82, 2.24) is 4.57 Å². The molecule has 0 unspecified atom stereocenters. The topological polar surface area (TPSA) is 30.4 Å². The summed E-state index contributed by atoms with van der Waals surface area (Å²) < 4.78 is 9.57. The van der Waals surface area contributed by atoms with E-state index in [2.05, 4.69) is 225 Å². The van der Waals surface area contributed by atoms with E-state index in [1.54, 1.807) is 0 Å². The molecule has 0 radical (unpaired) electrons. The summed E-state index contributed by atoms with van der Waals surface area (Å²) in [6.07, 6.45) is 2.41. The van der Waals surface area contributed by atoms with E-state index >= 15 is 0 Å². The van der Waals surface area contributed by atoms with Gasteiger partial charge in [0.25, 0.3) is 0 Å². The summed E-state index contributed by atoms with van der Waals surface area (Å²) in [6.45, 7) is 4.62. The lowest BCUT2D eigenvalue weighted by molar-refractivity contribution is 0.669. The molecule has 3 nitrogen and oxygen atoms in total. The SMILES string of the molecule is CCC1=C(c2cccc3c2-c2ccccc2C3)N=C(c2cc(-n3c4ccccc4c4cc5ccccc5cc43)c3c(c2)oc2cc4ccccc4cc23)CC(C)=C1c1ccc(-c2ccccc2)cc1. The van der Waals surface area contributed by atoms with Crippen LogP contribution in [0.1, 0.15) is 54.5 Å². The number of hydrogen-bond acceptors (Lipinski definition) is 2. The number of para-hydroxylation sites is 1. The van der Waals surface area contributed by atoms with Crippen LogP contribution in [0.5, 0.6) is 0 Å². The highest BCUT2D eigenvalue weighted by Crippen LogP contribution is 2.48. The molecule has 0 fully saturated rings. The average molecular weight is 883 g/mol. The number of hydrogen-bond donors (Lipinski definition) is 0. The fourth-order valence-electron chi connectivity index (χ4n) is 11.8. The molecule has 0 bridgehead atoms. The van der Waals surface area contributed by atoms with Crippen molar-refractivity contribution in [3.8, 4) is 27.9 Å². The first-order valence-electron chi connectivity index (χ1n) is 24.3. The molecule has 14 rings (SSSR count). The van der Waals surface area contributed by atoms with Crippen molar-refractivity contribution in [2.75, 3.05) is 0 Å². The summed E-state index contributed by atoms with van der Waals surface area (Å²) in [5, 5.41) is 9.43. The number of aliphatic imine (C=N–C) groups is 1. The number of rotatable bonds is 6. The van der Waals surface area contributed by atoms with E-state index in [0.29, 0.717) is 6.42 Å². The molecule has 3 heterocycles. The molecule has 3 heteroatoms. The van der Waals surface area contributed by atoms with Crippen LogP contribution in [0.4, 0.5) is 0 Å². The zero-order chi connectivity index (χ0) is 45.7. The van der Waals surface area contributed by atoms with E-state index in [0.717, 1.165) is 73.9 Å². The van der Waals surface area contributed by atoms with Gasteiger partial charge in [-0.05, 0) is 134 Å². The molecule has 69 heavy (non-hydrogen) atoms. The van der Waals surface area contributed by atoms with Crippen LogP contribution in [0.25, 0.3) is 105 Å². The molecule has 2 aromatic heterocycles. The van der Waals surface area contributed by atoms with Crippen LogP contribution in [-0.4, -0.2) is 10.3 Å². The number of fused-ring (bicyclic) bond motifs is 11. The van der Waals surface area contributed by atoms with Crippen LogP contribution < -0.4 is 0 Å². The third-order valence-corrected chi connectivity index (χ3v) is 14.9. The number of aromatic nitrogens is 1. The van der Waals surface area contributed by atoms with Gasteiger partial charge in [0.15, 0.2) is 0 Å². The van der Waals surface area contributed by atoms with Gasteiger partial charge < -0.3 is 8.98 Å². The molecule has 0 atom stereocenters. The summed E-state index contributed by atoms with van der Waals surface area (Å²) in [5.74, 6) is 0. The first kappa shape index (κ1) is 39.6. The maximum atomic E-state index is 7.08. The van der Waals surface area contributed by atoms with Crippen LogP contribution in [0, 0.1) is 0 Å². The summed E-state index contributed by atoms with van der Waals surface area (Å²) >= 11 is 0. The van der Waals surface area contributed by atoms with Crippen LogP contribution in [-0.2, 0) is 6.42 Å². The largest absolute Gasteiger partial charge is 0.456 e. The second-order valence-corrected chi connectivity index (χ2v) is 18.9. The van der Waals surface area contributed by atoms with Crippen LogP contribution in [0.15, 0.2) is 227 Å². The zero-order valence-corrected chi connectivity index (χ0v) is 38.6. The molecule has 12 aromatic rings. The third-order valence-electron chi connectivity index (χ3n) is 14.9. The Morgan fingerprint density at radius 1 is 0.478 bits per heavy atom. The lowest BCUT2D eigenvalue weighted by atomic mass is 9.86. The second-order valence-electron chi connectivity index (χ2n) is 18.9. The molecule has 1 aliphatic carbocycles. The number of furan rings is 1. The molecular weight excluding hydrogens is 837 g/mol. The highest BCUT2D eigenvalue weighted by Gasteiger charge is 2.29. The molecule has 326 valence electrons. The Morgan fingerprint density at radius 2 is 1.12 bits per heavy atom. The van der Waals surface area contributed by atoms with E-state index in [1.807, 2.05) is 0 Å². The van der Waals surface area contributed by atoms with Gasteiger partial charge in [0, 0.05) is 33.7 Å². The Kier molecular flexibility index (Phi) is 8.91. The minimum absolute atomic E-state index is 0.668. The Morgan fingerprint density at radius 3 is 1.91 bits per heavy atom. The van der Waals surface area contributed by atoms with E-state index in [-0.39, 0.29) is 0 Å². The van der Waals surface area contributed by atoms with Gasteiger partial charge in [-0.25, -0.2) is 0 Å². The van der Waals surface area contributed by atoms with E-state index in [4.69, 9.17) is 9.41 Å². The number of allylic oxidation sites excluding steroid dienone is 3. The van der Waals surface area contributed by atoms with Gasteiger partial charge in [0.05, 0.1) is 33.5 Å². The van der Waals surface area contributed by atoms with Gasteiger partial charge in [-0.2, -0.15) is 0 Å². The Hall–Kier alpha value is -8.53. The van der Waals surface area contributed by atoms with Crippen LogP contribution >= 0.6 is 0 Å². The third kappa shape index (κ3) is 6.24. The quantitative estimate of drug-likeness (QED) is 0.164. The molecule has 10 aromatic carbocycles. The highest BCUT2D eigenvalue weighted by molar-refractivity contribution is 6.20. The van der Waals surface area contributed by atoms with Crippen molar-refractivity contribution >= 4 is 82.3 Å². The van der Waals surface area contributed by atoms with Crippen molar-refractivity contribution in [2.24, 2.45) is 4.99 Å². The average Bonchev–Trinajstić information content (AvgIpc) is 4.03. The lowest BCUT2D eigenvalue weighted by Gasteiger charge is -2.18. The molecule has 0 saturated carbocycles. The van der Waals surface area contributed by atoms with Gasteiger partial charge >= 0.3 is 0 Å². The Balaban J connectivity index is 1.06. The molecule has 1 aliphatic heterocycles. The zero-order valence-electron chi connectivity index (χ0n) is 38.6. The van der Waals surface area contributed by atoms with Crippen molar-refractivity contribution in [3.05, 3.63) is 245 Å². The molecule has 0 N–H and O–H groups in total. The standard InChI is InChI=1S/C66H46N2O/c1-3-51-63(43-30-28-42(29-31-43)41-16-5-4-6-17-41)40(2)32-57(67-66(51)54-26-15-23-49-33-48-22-11-12-24-52(48)64(49)54)50-37-60(65-56-35-45-19-8-10-21-47(45)38-61(56)69-62(65)39-50)68-58-27-14-13-25-53(58)55-34-44-18-7-9-20-46(44)36-59(55)68/h4-31,34-39H,3,32-33H2,1-2H3. The van der Waals surface area contributed by atoms with Crippen LogP contribution in [0.3, 0.4) is 0 Å². The smallest absolute Gasteiger partial charge is 0.138 e. The summed E-state index contributed by atoms with van der Waals surface area (Å²) in [4.78, 5) is 6.01. The number of benzene rings is 10. The molecular formula is C66H46N2O. The normalized spacial score (nSPS) is 13.9. The Bertz CT molecular complexity index is 4210. The number of nitrogens with zero attached hydrogens (tertiary/aromatic N) is 2. The maximum Gasteiger partial charge on any atom is 0.138 e. The van der Waals surface area contributed by atoms with Gasteiger partial charge in [0.2, 0.25) is 0 Å².